The van der Waals surface area contributed by atoms with Gasteiger partial charge in [-0.1, -0.05) is 30.3 Å². The molecule has 27 heavy (non-hydrogen) atoms. The first-order valence-corrected chi connectivity index (χ1v) is 9.45. The van der Waals surface area contributed by atoms with E-state index in [0.717, 1.165) is 37.1 Å². The van der Waals surface area contributed by atoms with Crippen molar-refractivity contribution < 1.29 is 9.53 Å². The molecule has 0 aliphatic carbocycles. The highest BCUT2D eigenvalue weighted by Crippen LogP contribution is 2.20. The summed E-state index contributed by atoms with van der Waals surface area (Å²) in [5.74, 6) is 0.636. The molecule has 1 aliphatic heterocycles. The van der Waals surface area contributed by atoms with Crippen LogP contribution in [0.25, 0.3) is 10.8 Å². The van der Waals surface area contributed by atoms with Crippen LogP contribution in [0.4, 0.5) is 0 Å². The van der Waals surface area contributed by atoms with E-state index in [4.69, 9.17) is 4.74 Å². The lowest BCUT2D eigenvalue weighted by molar-refractivity contribution is 0.0940. The molecule has 6 nitrogen and oxygen atoms in total. The van der Waals surface area contributed by atoms with Gasteiger partial charge in [0.1, 0.15) is 18.1 Å². The number of fused-ring (bicyclic) bond motifs is 1. The van der Waals surface area contributed by atoms with Gasteiger partial charge in [0, 0.05) is 12.7 Å². The van der Waals surface area contributed by atoms with Crippen LogP contribution in [0.1, 0.15) is 29.4 Å². The molecule has 0 radical (unpaired) electrons. The Kier molecular flexibility index (Phi) is 5.34. The minimum atomic E-state index is -0.167. The monoisotopic (exact) mass is 364 g/mol. The van der Waals surface area contributed by atoms with Crippen molar-refractivity contribution >= 4 is 16.7 Å². The number of carbonyl (C=O) groups excluding carboxylic acids is 1. The molecule has 0 spiro atoms. The normalized spacial score (nSPS) is 17.0. The summed E-state index contributed by atoms with van der Waals surface area (Å²) in [4.78, 5) is 12.3. The molecule has 6 heteroatoms. The van der Waals surface area contributed by atoms with Crippen LogP contribution in [0.5, 0.6) is 5.75 Å². The summed E-state index contributed by atoms with van der Waals surface area (Å²) in [6, 6.07) is 16.3. The van der Waals surface area contributed by atoms with Gasteiger partial charge in [0.25, 0.3) is 5.91 Å². The third kappa shape index (κ3) is 4.28. The van der Waals surface area contributed by atoms with Crippen LogP contribution in [0.2, 0.25) is 0 Å². The second-order valence-corrected chi connectivity index (χ2v) is 6.79. The van der Waals surface area contributed by atoms with Gasteiger partial charge in [-0.25, -0.2) is 0 Å². The molecule has 1 amide bonds. The number of piperidine rings is 1. The Morgan fingerprint density at radius 1 is 1.22 bits per heavy atom. The van der Waals surface area contributed by atoms with E-state index in [1.165, 1.54) is 5.39 Å². The van der Waals surface area contributed by atoms with Crippen LogP contribution in [0.15, 0.2) is 54.7 Å². The van der Waals surface area contributed by atoms with Gasteiger partial charge in [-0.15, -0.1) is 0 Å². The number of benzene rings is 2. The Labute approximate surface area is 158 Å². The van der Waals surface area contributed by atoms with Crippen LogP contribution in [0, 0.1) is 0 Å². The highest BCUT2D eigenvalue weighted by molar-refractivity contribution is 5.92. The molecule has 1 aliphatic rings. The predicted molar refractivity (Wildman–Crippen MR) is 105 cm³/mol. The van der Waals surface area contributed by atoms with E-state index in [9.17, 15) is 4.79 Å². The zero-order valence-electron chi connectivity index (χ0n) is 15.2. The number of hydrogen-bond donors (Lipinski definition) is 2. The van der Waals surface area contributed by atoms with Crippen molar-refractivity contribution in [3.05, 3.63) is 60.4 Å². The van der Waals surface area contributed by atoms with Gasteiger partial charge in [0.15, 0.2) is 0 Å². The second-order valence-electron chi connectivity index (χ2n) is 6.79. The molecular weight excluding hydrogens is 340 g/mol. The van der Waals surface area contributed by atoms with Crippen molar-refractivity contribution in [2.75, 3.05) is 26.2 Å². The van der Waals surface area contributed by atoms with Crippen LogP contribution in [-0.4, -0.2) is 41.9 Å². The minimum absolute atomic E-state index is 0.167. The van der Waals surface area contributed by atoms with Crippen LogP contribution < -0.4 is 15.4 Å². The summed E-state index contributed by atoms with van der Waals surface area (Å²) in [6.07, 6.45) is 4.12. The molecule has 140 valence electrons. The van der Waals surface area contributed by atoms with Crippen molar-refractivity contribution in [2.24, 2.45) is 0 Å². The van der Waals surface area contributed by atoms with E-state index in [0.29, 0.717) is 24.9 Å². The van der Waals surface area contributed by atoms with Gasteiger partial charge in [-0.2, -0.15) is 5.10 Å². The summed E-state index contributed by atoms with van der Waals surface area (Å²) in [7, 11) is 0. The third-order valence-corrected chi connectivity index (χ3v) is 4.86. The van der Waals surface area contributed by atoms with Gasteiger partial charge in [0.05, 0.1) is 12.6 Å². The van der Waals surface area contributed by atoms with Crippen LogP contribution in [0.3, 0.4) is 0 Å². The number of carbonyl (C=O) groups is 1. The number of rotatable bonds is 6. The lowest BCUT2D eigenvalue weighted by Crippen LogP contribution is -2.32. The molecular formula is C21H24N4O2. The molecule has 0 saturated carbocycles. The Balaban J connectivity index is 1.26. The molecule has 2 aromatic carbocycles. The van der Waals surface area contributed by atoms with Crippen LogP contribution >= 0.6 is 0 Å². The number of amides is 1. The smallest absolute Gasteiger partial charge is 0.271 e. The highest BCUT2D eigenvalue weighted by Gasteiger charge is 2.17. The van der Waals surface area contributed by atoms with Gasteiger partial charge >= 0.3 is 0 Å². The molecule has 1 atom stereocenters. The van der Waals surface area contributed by atoms with Crippen molar-refractivity contribution in [1.82, 2.24) is 20.4 Å². The maximum atomic E-state index is 12.3. The Morgan fingerprint density at radius 3 is 2.96 bits per heavy atom. The molecule has 1 aromatic heterocycles. The Hall–Kier alpha value is -2.86. The first-order valence-electron chi connectivity index (χ1n) is 9.45. The van der Waals surface area contributed by atoms with Crippen molar-refractivity contribution in [3.63, 3.8) is 0 Å². The minimum Gasteiger partial charge on any atom is -0.492 e. The fraction of sp³-hybridized carbons (Fsp3) is 0.333. The molecule has 1 fully saturated rings. The summed E-state index contributed by atoms with van der Waals surface area (Å²) < 4.78 is 7.65. The molecule has 2 heterocycles. The first kappa shape index (κ1) is 17.5. The molecule has 1 saturated heterocycles. The zero-order valence-corrected chi connectivity index (χ0v) is 15.2. The van der Waals surface area contributed by atoms with Gasteiger partial charge in [0.2, 0.25) is 0 Å². The molecule has 2 N–H and O–H groups in total. The summed E-state index contributed by atoms with van der Waals surface area (Å²) in [6.45, 7) is 2.81. The summed E-state index contributed by atoms with van der Waals surface area (Å²) in [5, 5.41) is 13.0. The number of hydrogen-bond acceptors (Lipinski definition) is 4. The maximum absolute atomic E-state index is 12.3. The second kappa shape index (κ2) is 8.22. The van der Waals surface area contributed by atoms with E-state index in [1.807, 2.05) is 41.2 Å². The fourth-order valence-electron chi connectivity index (χ4n) is 3.40. The Morgan fingerprint density at radius 2 is 2.11 bits per heavy atom. The predicted octanol–water partition coefficient (Wildman–Crippen LogP) is 2.77. The van der Waals surface area contributed by atoms with E-state index < -0.39 is 0 Å². The van der Waals surface area contributed by atoms with E-state index in [2.05, 4.69) is 27.9 Å². The maximum Gasteiger partial charge on any atom is 0.271 e. The highest BCUT2D eigenvalue weighted by atomic mass is 16.5. The summed E-state index contributed by atoms with van der Waals surface area (Å²) >= 11 is 0. The van der Waals surface area contributed by atoms with Crippen LogP contribution in [-0.2, 0) is 0 Å². The fourth-order valence-corrected chi connectivity index (χ4v) is 3.40. The molecule has 3 aromatic rings. The lowest BCUT2D eigenvalue weighted by atomic mass is 10.1. The van der Waals surface area contributed by atoms with Crippen molar-refractivity contribution in [1.29, 1.82) is 0 Å². The van der Waals surface area contributed by atoms with Crippen molar-refractivity contribution in [2.45, 2.75) is 18.9 Å². The standard InChI is InChI=1S/C21H24N4O2/c26-21(20-9-12-25(24-20)18-6-3-10-22-15-18)23-11-13-27-19-8-7-16-4-1-2-5-17(16)14-19/h1-2,4-5,7-9,12,14,18,22H,3,6,10-11,13,15H2,(H,23,26). The average molecular weight is 364 g/mol. The number of ether oxygens (including phenoxy) is 1. The van der Waals surface area contributed by atoms with E-state index in [1.54, 1.807) is 6.07 Å². The van der Waals surface area contributed by atoms with Crippen molar-refractivity contribution in [3.8, 4) is 5.75 Å². The van der Waals surface area contributed by atoms with Gasteiger partial charge < -0.3 is 15.4 Å². The van der Waals surface area contributed by atoms with E-state index in [-0.39, 0.29) is 5.91 Å². The molecule has 0 bridgehead atoms. The van der Waals surface area contributed by atoms with E-state index >= 15 is 0 Å². The zero-order chi connectivity index (χ0) is 18.5. The SMILES string of the molecule is O=C(NCCOc1ccc2ccccc2c1)c1ccn(C2CCCNC2)n1. The third-order valence-electron chi connectivity index (χ3n) is 4.86. The Bertz CT molecular complexity index is 915. The topological polar surface area (TPSA) is 68.2 Å². The van der Waals surface area contributed by atoms with Gasteiger partial charge in [-0.05, 0) is 48.4 Å². The largest absolute Gasteiger partial charge is 0.492 e. The quantitative estimate of drug-likeness (QED) is 0.660. The number of nitrogens with one attached hydrogen (secondary N) is 2. The molecule has 1 unspecified atom stereocenters. The average Bonchev–Trinajstić information content (AvgIpc) is 3.22. The number of nitrogens with zero attached hydrogens (tertiary/aromatic N) is 2. The van der Waals surface area contributed by atoms with Gasteiger partial charge in [-0.3, -0.25) is 9.48 Å². The number of aromatic nitrogens is 2. The molecule has 4 rings (SSSR count). The summed E-state index contributed by atoms with van der Waals surface area (Å²) in [5.41, 5.74) is 0.450. The first-order chi connectivity index (χ1) is 13.3. The lowest BCUT2D eigenvalue weighted by Gasteiger charge is -2.22.